The maximum absolute atomic E-state index is 10.8. The van der Waals surface area contributed by atoms with E-state index in [1.165, 1.54) is 11.3 Å². The van der Waals surface area contributed by atoms with E-state index in [-0.39, 0.29) is 0 Å². The molecular weight excluding hydrogens is 200 g/mol. The van der Waals surface area contributed by atoms with E-state index in [0.29, 0.717) is 11.6 Å². The Hall–Kier alpha value is -1.10. The van der Waals surface area contributed by atoms with Crippen molar-refractivity contribution in [3.8, 4) is 0 Å². The molecule has 0 aromatic carbocycles. The van der Waals surface area contributed by atoms with Gasteiger partial charge in [-0.05, 0) is 13.3 Å². The van der Waals surface area contributed by atoms with Crippen LogP contribution in [-0.2, 0) is 4.79 Å². The Morgan fingerprint density at radius 2 is 2.50 bits per heavy atom. The van der Waals surface area contributed by atoms with Gasteiger partial charge in [0.15, 0.2) is 5.13 Å². The predicted molar refractivity (Wildman–Crippen MR) is 56.8 cm³/mol. The summed E-state index contributed by atoms with van der Waals surface area (Å²) in [6, 6.07) is -0.523. The lowest BCUT2D eigenvalue weighted by Crippen LogP contribution is -2.28. The SMILES string of the molecule is CCCC(Nc1nc(C)cs1)C(=O)O. The third-order valence-electron chi connectivity index (χ3n) is 1.79. The molecule has 14 heavy (non-hydrogen) atoms. The van der Waals surface area contributed by atoms with Gasteiger partial charge < -0.3 is 10.4 Å². The number of carbonyl (C=O) groups is 1. The van der Waals surface area contributed by atoms with E-state index in [2.05, 4.69) is 10.3 Å². The molecule has 1 aromatic heterocycles. The summed E-state index contributed by atoms with van der Waals surface area (Å²) in [5.41, 5.74) is 0.915. The van der Waals surface area contributed by atoms with Gasteiger partial charge in [-0.3, -0.25) is 0 Å². The Morgan fingerprint density at radius 3 is 2.93 bits per heavy atom. The molecule has 1 atom stereocenters. The van der Waals surface area contributed by atoms with E-state index in [0.717, 1.165) is 12.1 Å². The van der Waals surface area contributed by atoms with Crippen molar-refractivity contribution >= 4 is 22.4 Å². The monoisotopic (exact) mass is 214 g/mol. The molecule has 0 aliphatic rings. The van der Waals surface area contributed by atoms with Gasteiger partial charge in [0.05, 0.1) is 5.69 Å². The third kappa shape index (κ3) is 2.99. The van der Waals surface area contributed by atoms with Crippen LogP contribution in [0.4, 0.5) is 5.13 Å². The Balaban J connectivity index is 2.59. The first kappa shape index (κ1) is 11.0. The topological polar surface area (TPSA) is 62.2 Å². The van der Waals surface area contributed by atoms with E-state index in [1.54, 1.807) is 0 Å². The molecule has 0 spiro atoms. The first-order valence-electron chi connectivity index (χ1n) is 4.55. The molecule has 4 nitrogen and oxygen atoms in total. The van der Waals surface area contributed by atoms with Crippen LogP contribution in [0.3, 0.4) is 0 Å². The molecule has 1 aromatic rings. The average Bonchev–Trinajstić information content (AvgIpc) is 2.50. The van der Waals surface area contributed by atoms with Gasteiger partial charge in [0.1, 0.15) is 6.04 Å². The minimum absolute atomic E-state index is 0.523. The molecule has 0 fully saturated rings. The zero-order chi connectivity index (χ0) is 10.6. The number of aliphatic carboxylic acids is 1. The Morgan fingerprint density at radius 1 is 1.79 bits per heavy atom. The Labute approximate surface area is 87.0 Å². The highest BCUT2D eigenvalue weighted by Gasteiger charge is 2.16. The number of carboxylic acids is 1. The van der Waals surface area contributed by atoms with Crippen molar-refractivity contribution < 1.29 is 9.90 Å². The lowest BCUT2D eigenvalue weighted by molar-refractivity contribution is -0.138. The van der Waals surface area contributed by atoms with Gasteiger partial charge in [-0.1, -0.05) is 13.3 Å². The van der Waals surface area contributed by atoms with Crippen LogP contribution < -0.4 is 5.32 Å². The lowest BCUT2D eigenvalue weighted by atomic mass is 10.2. The average molecular weight is 214 g/mol. The highest BCUT2D eigenvalue weighted by molar-refractivity contribution is 7.13. The molecule has 0 amide bonds. The number of aryl methyl sites for hydroxylation is 1. The van der Waals surface area contributed by atoms with Gasteiger partial charge in [-0.15, -0.1) is 11.3 Å². The second kappa shape index (κ2) is 4.95. The fraction of sp³-hybridized carbons (Fsp3) is 0.556. The summed E-state index contributed by atoms with van der Waals surface area (Å²) >= 11 is 1.44. The van der Waals surface area contributed by atoms with Gasteiger partial charge >= 0.3 is 5.97 Å². The smallest absolute Gasteiger partial charge is 0.326 e. The van der Waals surface area contributed by atoms with Gasteiger partial charge in [-0.25, -0.2) is 9.78 Å². The number of nitrogens with one attached hydrogen (secondary N) is 1. The molecular formula is C9H14N2O2S. The van der Waals surface area contributed by atoms with Crippen molar-refractivity contribution in [1.29, 1.82) is 0 Å². The van der Waals surface area contributed by atoms with Gasteiger partial charge in [0, 0.05) is 5.38 Å². The van der Waals surface area contributed by atoms with Gasteiger partial charge in [0.25, 0.3) is 0 Å². The number of rotatable bonds is 5. The summed E-state index contributed by atoms with van der Waals surface area (Å²) in [6.07, 6.45) is 1.46. The molecule has 0 aliphatic carbocycles. The zero-order valence-electron chi connectivity index (χ0n) is 8.28. The molecule has 0 saturated carbocycles. The summed E-state index contributed by atoms with van der Waals surface area (Å²) in [7, 11) is 0. The molecule has 0 radical (unpaired) electrons. The molecule has 5 heteroatoms. The van der Waals surface area contributed by atoms with Crippen LogP contribution in [0.5, 0.6) is 0 Å². The number of anilines is 1. The molecule has 0 aliphatic heterocycles. The standard InChI is InChI=1S/C9H14N2O2S/c1-3-4-7(8(12)13)11-9-10-6(2)5-14-9/h5,7H,3-4H2,1-2H3,(H,10,11)(H,12,13). The summed E-state index contributed by atoms with van der Waals surface area (Å²) in [5, 5.41) is 14.4. The molecule has 0 saturated heterocycles. The molecule has 0 bridgehead atoms. The van der Waals surface area contributed by atoms with Crippen molar-refractivity contribution in [2.75, 3.05) is 5.32 Å². The van der Waals surface area contributed by atoms with E-state index in [1.807, 2.05) is 19.2 Å². The molecule has 1 heterocycles. The largest absolute Gasteiger partial charge is 0.480 e. The van der Waals surface area contributed by atoms with Crippen LogP contribution >= 0.6 is 11.3 Å². The molecule has 78 valence electrons. The maximum Gasteiger partial charge on any atom is 0.326 e. The maximum atomic E-state index is 10.8. The number of carboxylic acid groups (broad SMARTS) is 1. The lowest BCUT2D eigenvalue weighted by Gasteiger charge is -2.11. The van der Waals surface area contributed by atoms with E-state index >= 15 is 0 Å². The van der Waals surface area contributed by atoms with Crippen molar-refractivity contribution in [1.82, 2.24) is 4.98 Å². The number of thiazole rings is 1. The zero-order valence-corrected chi connectivity index (χ0v) is 9.10. The fourth-order valence-electron chi connectivity index (χ4n) is 1.12. The normalized spacial score (nSPS) is 12.4. The highest BCUT2D eigenvalue weighted by atomic mass is 32.1. The van der Waals surface area contributed by atoms with Crippen LogP contribution in [0.15, 0.2) is 5.38 Å². The van der Waals surface area contributed by atoms with Crippen LogP contribution in [0.1, 0.15) is 25.5 Å². The quantitative estimate of drug-likeness (QED) is 0.788. The second-order valence-electron chi connectivity index (χ2n) is 3.12. The van der Waals surface area contributed by atoms with Crippen LogP contribution in [-0.4, -0.2) is 22.1 Å². The van der Waals surface area contributed by atoms with E-state index < -0.39 is 12.0 Å². The van der Waals surface area contributed by atoms with Crippen LogP contribution in [0.25, 0.3) is 0 Å². The first-order valence-corrected chi connectivity index (χ1v) is 5.43. The van der Waals surface area contributed by atoms with Crippen LogP contribution in [0.2, 0.25) is 0 Å². The number of hydrogen-bond donors (Lipinski definition) is 2. The fourth-order valence-corrected chi connectivity index (χ4v) is 1.86. The Kier molecular flexibility index (Phi) is 3.88. The summed E-state index contributed by atoms with van der Waals surface area (Å²) < 4.78 is 0. The van der Waals surface area contributed by atoms with Crippen LogP contribution in [0, 0.1) is 6.92 Å². The second-order valence-corrected chi connectivity index (χ2v) is 3.98. The number of nitrogens with zero attached hydrogens (tertiary/aromatic N) is 1. The number of aromatic nitrogens is 1. The first-order chi connectivity index (χ1) is 6.63. The number of hydrogen-bond acceptors (Lipinski definition) is 4. The van der Waals surface area contributed by atoms with Crippen molar-refractivity contribution in [2.45, 2.75) is 32.7 Å². The predicted octanol–water partition coefficient (Wildman–Crippen LogP) is 2.12. The van der Waals surface area contributed by atoms with Crippen molar-refractivity contribution in [3.63, 3.8) is 0 Å². The highest BCUT2D eigenvalue weighted by Crippen LogP contribution is 2.16. The van der Waals surface area contributed by atoms with E-state index in [4.69, 9.17) is 5.11 Å². The van der Waals surface area contributed by atoms with Crippen molar-refractivity contribution in [3.05, 3.63) is 11.1 Å². The van der Waals surface area contributed by atoms with E-state index in [9.17, 15) is 4.79 Å². The molecule has 1 rings (SSSR count). The summed E-state index contributed by atoms with van der Waals surface area (Å²) in [5.74, 6) is -0.820. The summed E-state index contributed by atoms with van der Waals surface area (Å²) in [6.45, 7) is 3.85. The third-order valence-corrected chi connectivity index (χ3v) is 2.68. The molecule has 2 N–H and O–H groups in total. The minimum atomic E-state index is -0.820. The molecule has 1 unspecified atom stereocenters. The van der Waals surface area contributed by atoms with Gasteiger partial charge in [0.2, 0.25) is 0 Å². The summed E-state index contributed by atoms with van der Waals surface area (Å²) in [4.78, 5) is 15.0. The Bertz CT molecular complexity index is 312. The minimum Gasteiger partial charge on any atom is -0.480 e. The van der Waals surface area contributed by atoms with Gasteiger partial charge in [-0.2, -0.15) is 0 Å². The van der Waals surface area contributed by atoms with Crippen molar-refractivity contribution in [2.24, 2.45) is 0 Å².